The first kappa shape index (κ1) is 23.1. The van der Waals surface area contributed by atoms with Crippen molar-refractivity contribution in [3.8, 4) is 0 Å². The van der Waals surface area contributed by atoms with Gasteiger partial charge in [0.05, 0.1) is 22.8 Å². The van der Waals surface area contributed by atoms with Crippen molar-refractivity contribution in [2.75, 3.05) is 13.1 Å². The Kier molecular flexibility index (Phi) is 5.76. The maximum Gasteiger partial charge on any atom is 0.317 e. The largest absolute Gasteiger partial charge is 0.481 e. The Morgan fingerprint density at radius 2 is 1.82 bits per heavy atom. The van der Waals surface area contributed by atoms with E-state index >= 15 is 0 Å². The number of carboxylic acids is 1. The van der Waals surface area contributed by atoms with E-state index in [4.69, 9.17) is 0 Å². The number of likely N-dealkylation sites (tertiary alicyclic amines) is 1. The Morgan fingerprint density at radius 3 is 2.44 bits per heavy atom. The van der Waals surface area contributed by atoms with Crippen molar-refractivity contribution in [1.82, 2.24) is 20.2 Å². The molecule has 1 aliphatic heterocycles. The van der Waals surface area contributed by atoms with Crippen LogP contribution in [0.25, 0.3) is 10.9 Å². The van der Waals surface area contributed by atoms with Crippen LogP contribution in [-0.2, 0) is 4.79 Å². The third-order valence-corrected chi connectivity index (χ3v) is 9.02. The first-order chi connectivity index (χ1) is 16.2. The molecule has 0 unspecified atom stereocenters. The van der Waals surface area contributed by atoms with E-state index < -0.39 is 17.6 Å². The van der Waals surface area contributed by atoms with Crippen LogP contribution in [0.15, 0.2) is 12.4 Å². The van der Waals surface area contributed by atoms with Crippen LogP contribution in [0.4, 0.5) is 13.6 Å². The molecule has 4 fully saturated rings. The maximum absolute atomic E-state index is 14.3. The minimum absolute atomic E-state index is 0.0312. The Balaban J connectivity index is 1.19. The summed E-state index contributed by atoms with van der Waals surface area (Å²) in [7, 11) is 0. The minimum Gasteiger partial charge on any atom is -0.481 e. The van der Waals surface area contributed by atoms with Crippen LogP contribution >= 0.6 is 0 Å². The second-order valence-electron chi connectivity index (χ2n) is 10.7. The SMILES string of the molecule is C[C@@H](CC(=O)O)C12CCC(NC(=O)N3CCC(c4ncc(F)c5[nH]cc(F)c45)CC3)(CC1)CC2. The number of H-pyrrole nitrogens is 1. The smallest absolute Gasteiger partial charge is 0.317 e. The normalized spacial score (nSPS) is 28.3. The molecule has 7 nitrogen and oxygen atoms in total. The number of carboxylic acid groups (broad SMARTS) is 1. The number of pyridine rings is 1. The highest BCUT2D eigenvalue weighted by Gasteiger charge is 2.52. The summed E-state index contributed by atoms with van der Waals surface area (Å²) in [6.07, 6.45) is 9.34. The second kappa shape index (κ2) is 8.50. The van der Waals surface area contributed by atoms with Gasteiger partial charge in [-0.15, -0.1) is 0 Å². The topological polar surface area (TPSA) is 98.3 Å². The maximum atomic E-state index is 14.3. The molecule has 6 rings (SSSR count). The lowest BCUT2D eigenvalue weighted by Crippen LogP contribution is -2.60. The first-order valence-electron chi connectivity index (χ1n) is 12.3. The molecule has 2 bridgehead atoms. The number of aromatic amines is 1. The minimum atomic E-state index is -0.739. The first-order valence-corrected chi connectivity index (χ1v) is 12.3. The summed E-state index contributed by atoms with van der Waals surface area (Å²) in [6, 6.07) is -0.0588. The lowest BCUT2D eigenvalue weighted by molar-refractivity contribution is -0.140. The van der Waals surface area contributed by atoms with Crippen molar-refractivity contribution < 1.29 is 23.5 Å². The number of hydrogen-bond acceptors (Lipinski definition) is 3. The highest BCUT2D eigenvalue weighted by molar-refractivity contribution is 5.83. The van der Waals surface area contributed by atoms with Crippen LogP contribution in [0.3, 0.4) is 0 Å². The predicted molar refractivity (Wildman–Crippen MR) is 122 cm³/mol. The van der Waals surface area contributed by atoms with Gasteiger partial charge in [0.1, 0.15) is 5.82 Å². The summed E-state index contributed by atoms with van der Waals surface area (Å²) in [6.45, 7) is 3.13. The molecule has 3 aliphatic carbocycles. The van der Waals surface area contributed by atoms with Crippen molar-refractivity contribution in [2.45, 2.75) is 76.2 Å². The molecular weight excluding hydrogens is 442 g/mol. The summed E-state index contributed by atoms with van der Waals surface area (Å²) in [4.78, 5) is 33.0. The fourth-order valence-electron chi connectivity index (χ4n) is 6.68. The summed E-state index contributed by atoms with van der Waals surface area (Å²) in [5.74, 6) is -1.69. The van der Waals surface area contributed by atoms with Gasteiger partial charge in [-0.2, -0.15) is 0 Å². The molecule has 1 atom stereocenters. The average Bonchev–Trinajstić information content (AvgIpc) is 3.22. The summed E-state index contributed by atoms with van der Waals surface area (Å²) < 4.78 is 28.3. The van der Waals surface area contributed by atoms with E-state index in [2.05, 4.69) is 22.2 Å². The number of rotatable bonds is 5. The molecule has 4 aliphatic rings. The van der Waals surface area contributed by atoms with Crippen molar-refractivity contribution in [1.29, 1.82) is 0 Å². The van der Waals surface area contributed by atoms with E-state index in [9.17, 15) is 23.5 Å². The Bertz CT molecular complexity index is 1080. The van der Waals surface area contributed by atoms with Gasteiger partial charge in [-0.05, 0) is 62.7 Å². The van der Waals surface area contributed by atoms with Crippen molar-refractivity contribution in [2.24, 2.45) is 11.3 Å². The molecule has 2 aromatic rings. The molecule has 2 amide bonds. The third-order valence-electron chi connectivity index (χ3n) is 9.02. The lowest BCUT2D eigenvalue weighted by Gasteiger charge is -2.56. The molecule has 34 heavy (non-hydrogen) atoms. The van der Waals surface area contributed by atoms with Gasteiger partial charge < -0.3 is 20.3 Å². The average molecular weight is 475 g/mol. The third kappa shape index (κ3) is 3.92. The van der Waals surface area contributed by atoms with E-state index in [1.807, 2.05) is 4.90 Å². The molecule has 3 N–H and O–H groups in total. The standard InChI is InChI=1S/C25H32F2N4O3/c1-15(12-19(32)33)24-4-7-25(8-5-24,9-6-24)30-23(34)31-10-2-16(3-11-31)21-20-17(26)13-29-22(20)18(27)14-28-21/h13-16,29H,2-12H2,1H3,(H,30,34)(H,32,33)/t15-,24?,25?/m0/s1. The number of piperidine rings is 1. The number of nitrogens with one attached hydrogen (secondary N) is 2. The monoisotopic (exact) mass is 474 g/mol. The number of urea groups is 1. The summed E-state index contributed by atoms with van der Waals surface area (Å²) in [5, 5.41) is 12.7. The number of amides is 2. The van der Waals surface area contributed by atoms with Crippen molar-refractivity contribution in [3.63, 3.8) is 0 Å². The van der Waals surface area contributed by atoms with Gasteiger partial charge in [0.2, 0.25) is 0 Å². The number of aliphatic carboxylic acids is 1. The van der Waals surface area contributed by atoms with Crippen LogP contribution in [-0.4, -0.2) is 50.6 Å². The van der Waals surface area contributed by atoms with Crippen LogP contribution in [0.5, 0.6) is 0 Å². The van der Waals surface area contributed by atoms with Gasteiger partial charge in [-0.25, -0.2) is 13.6 Å². The Labute approximate surface area is 197 Å². The number of aromatic nitrogens is 2. The molecule has 0 radical (unpaired) electrons. The van der Waals surface area contributed by atoms with Gasteiger partial charge in [0, 0.05) is 37.2 Å². The highest BCUT2D eigenvalue weighted by atomic mass is 19.1. The molecule has 9 heteroatoms. The van der Waals surface area contributed by atoms with Gasteiger partial charge in [-0.3, -0.25) is 9.78 Å². The number of carbonyl (C=O) groups is 2. The summed E-state index contributed by atoms with van der Waals surface area (Å²) in [5.41, 5.74) is 0.590. The van der Waals surface area contributed by atoms with E-state index in [-0.39, 0.29) is 46.1 Å². The number of hydrogen-bond donors (Lipinski definition) is 3. The van der Waals surface area contributed by atoms with Gasteiger partial charge >= 0.3 is 12.0 Å². The molecule has 184 valence electrons. The second-order valence-corrected chi connectivity index (χ2v) is 10.7. The molecule has 1 saturated heterocycles. The van der Waals surface area contributed by atoms with Gasteiger partial charge in [0.15, 0.2) is 5.82 Å². The number of halogens is 2. The van der Waals surface area contributed by atoms with Crippen LogP contribution in [0.1, 0.15) is 76.3 Å². The molecule has 2 aromatic heterocycles. The van der Waals surface area contributed by atoms with Crippen molar-refractivity contribution >= 4 is 22.9 Å². The zero-order chi connectivity index (χ0) is 24.1. The molecule has 3 heterocycles. The number of fused-ring (bicyclic) bond motifs is 4. The van der Waals surface area contributed by atoms with Crippen molar-refractivity contribution in [3.05, 3.63) is 29.7 Å². The Morgan fingerprint density at radius 1 is 1.18 bits per heavy atom. The van der Waals surface area contributed by atoms with E-state index in [0.717, 1.165) is 50.9 Å². The summed E-state index contributed by atoms with van der Waals surface area (Å²) >= 11 is 0. The molecule has 0 spiro atoms. The zero-order valence-electron chi connectivity index (χ0n) is 19.5. The van der Waals surface area contributed by atoms with Gasteiger partial charge in [0.25, 0.3) is 0 Å². The zero-order valence-corrected chi connectivity index (χ0v) is 19.5. The quantitative estimate of drug-likeness (QED) is 0.572. The number of nitrogens with zero attached hydrogens (tertiary/aromatic N) is 2. The fraction of sp³-hybridized carbons (Fsp3) is 0.640. The van der Waals surface area contributed by atoms with E-state index in [1.165, 1.54) is 0 Å². The van der Waals surface area contributed by atoms with Crippen LogP contribution < -0.4 is 5.32 Å². The van der Waals surface area contributed by atoms with Gasteiger partial charge in [-0.1, -0.05) is 6.92 Å². The lowest BCUT2D eigenvalue weighted by atomic mass is 9.53. The Hall–Kier alpha value is -2.71. The van der Waals surface area contributed by atoms with E-state index in [0.29, 0.717) is 31.6 Å². The molecule has 0 aromatic carbocycles. The number of carbonyl (C=O) groups excluding carboxylic acids is 1. The molecule has 3 saturated carbocycles. The van der Waals surface area contributed by atoms with E-state index in [1.54, 1.807) is 0 Å². The predicted octanol–water partition coefficient (Wildman–Crippen LogP) is 4.93. The highest BCUT2D eigenvalue weighted by Crippen LogP contribution is 2.56. The fourth-order valence-corrected chi connectivity index (χ4v) is 6.68. The van der Waals surface area contributed by atoms with Crippen LogP contribution in [0.2, 0.25) is 0 Å². The molecular formula is C25H32F2N4O3. The van der Waals surface area contributed by atoms with Crippen LogP contribution in [0, 0.1) is 23.0 Å².